The van der Waals surface area contributed by atoms with E-state index in [9.17, 15) is 0 Å². The van der Waals surface area contributed by atoms with Gasteiger partial charge in [-0.05, 0) is 12.6 Å². The van der Waals surface area contributed by atoms with E-state index in [1.54, 1.807) is 6.08 Å². The Balaban J connectivity index is 0.00000200. The second-order valence-corrected chi connectivity index (χ2v) is 4.11. The molecule has 0 saturated carbocycles. The van der Waals surface area contributed by atoms with Gasteiger partial charge in [0, 0.05) is 44.8 Å². The maximum atomic E-state index is 5.46. The summed E-state index contributed by atoms with van der Waals surface area (Å²) < 4.78 is 0. The van der Waals surface area contributed by atoms with E-state index in [0.29, 0.717) is 0 Å². The fraction of sp³-hybridized carbons (Fsp3) is 0.111. The molecule has 0 bridgehead atoms. The van der Waals surface area contributed by atoms with Gasteiger partial charge >= 0.3 is 0 Å². The number of allylic oxidation sites excluding steroid dienone is 3. The van der Waals surface area contributed by atoms with Crippen molar-refractivity contribution in [2.24, 2.45) is 0 Å². The van der Waals surface area contributed by atoms with E-state index in [0.717, 1.165) is 34.6 Å². The standard InChI is InChI=1S/C18H14N.Y/c1-5-15-8-10-17(11-9-15)18-13-12-16(6-2)14(4)19(18)7-3;/h1-2,8-12H,4,7H2,3H3;/q-1;. The van der Waals surface area contributed by atoms with Crippen molar-refractivity contribution in [3.8, 4) is 24.7 Å². The van der Waals surface area contributed by atoms with Gasteiger partial charge in [-0.1, -0.05) is 41.5 Å². The predicted octanol–water partition coefficient (Wildman–Crippen LogP) is 3.22. The minimum absolute atomic E-state index is 0. The number of hydrogen-bond donors (Lipinski definition) is 0. The molecule has 0 amide bonds. The molecule has 1 aromatic rings. The summed E-state index contributed by atoms with van der Waals surface area (Å²) in [5.74, 6) is 5.23. The van der Waals surface area contributed by atoms with E-state index in [1.807, 2.05) is 24.3 Å². The van der Waals surface area contributed by atoms with Crippen LogP contribution in [0.3, 0.4) is 0 Å². The van der Waals surface area contributed by atoms with Gasteiger partial charge in [-0.2, -0.15) is 12.2 Å². The third kappa shape index (κ3) is 3.13. The van der Waals surface area contributed by atoms with E-state index in [2.05, 4.69) is 36.3 Å². The SMILES string of the molecule is C#CC1=C[C-]=C(c2ccc(C#C)cc2)N(CC)C1=C.[Y]. The van der Waals surface area contributed by atoms with E-state index in [4.69, 9.17) is 12.8 Å². The Labute approximate surface area is 146 Å². The second-order valence-electron chi connectivity index (χ2n) is 4.11. The molecule has 0 saturated heterocycles. The van der Waals surface area contributed by atoms with Crippen molar-refractivity contribution >= 4 is 5.70 Å². The molecule has 95 valence electrons. The van der Waals surface area contributed by atoms with Crippen molar-refractivity contribution in [1.82, 2.24) is 4.90 Å². The second kappa shape index (κ2) is 7.30. The number of terminal acetylenes is 2. The molecule has 1 heterocycles. The quantitative estimate of drug-likeness (QED) is 0.593. The Morgan fingerprint density at radius 3 is 2.35 bits per heavy atom. The maximum Gasteiger partial charge on any atom is 0.0222 e. The molecular formula is C18H14NY-. The molecule has 2 heteroatoms. The summed E-state index contributed by atoms with van der Waals surface area (Å²) in [7, 11) is 0. The van der Waals surface area contributed by atoms with Crippen LogP contribution in [0.5, 0.6) is 0 Å². The van der Waals surface area contributed by atoms with Crippen LogP contribution >= 0.6 is 0 Å². The molecule has 1 aromatic carbocycles. The van der Waals surface area contributed by atoms with Gasteiger partial charge in [0.25, 0.3) is 0 Å². The smallest absolute Gasteiger partial charge is 0.0222 e. The first-order valence-electron chi connectivity index (χ1n) is 6.05. The van der Waals surface area contributed by atoms with Crippen molar-refractivity contribution < 1.29 is 32.7 Å². The van der Waals surface area contributed by atoms with Gasteiger partial charge in [-0.25, -0.2) is 0 Å². The van der Waals surface area contributed by atoms with E-state index in [1.165, 1.54) is 0 Å². The summed E-state index contributed by atoms with van der Waals surface area (Å²) in [5, 5.41) is 0. The van der Waals surface area contributed by atoms with E-state index < -0.39 is 0 Å². The first-order chi connectivity index (χ1) is 9.21. The average molecular weight is 333 g/mol. The van der Waals surface area contributed by atoms with E-state index in [-0.39, 0.29) is 32.7 Å². The first kappa shape index (κ1) is 16.5. The molecule has 0 atom stereocenters. The fourth-order valence-electron chi connectivity index (χ4n) is 2.02. The summed E-state index contributed by atoms with van der Waals surface area (Å²) in [6.45, 7) is 6.90. The van der Waals surface area contributed by atoms with Crippen molar-refractivity contribution in [2.75, 3.05) is 6.54 Å². The minimum Gasteiger partial charge on any atom is -0.375 e. The molecule has 1 aliphatic heterocycles. The molecule has 0 fully saturated rings. The van der Waals surface area contributed by atoms with Crippen molar-refractivity contribution in [1.29, 1.82) is 0 Å². The Hall–Kier alpha value is -1.54. The molecule has 20 heavy (non-hydrogen) atoms. The zero-order valence-corrected chi connectivity index (χ0v) is 14.3. The van der Waals surface area contributed by atoms with Crippen LogP contribution in [-0.4, -0.2) is 11.4 Å². The zero-order chi connectivity index (χ0) is 13.8. The topological polar surface area (TPSA) is 3.24 Å². The van der Waals surface area contributed by atoms with Gasteiger partial charge in [0.15, 0.2) is 0 Å². The van der Waals surface area contributed by atoms with Crippen molar-refractivity contribution in [3.05, 3.63) is 65.4 Å². The summed E-state index contributed by atoms with van der Waals surface area (Å²) in [6, 6.07) is 7.81. The number of benzene rings is 1. The number of nitrogens with zero attached hydrogens (tertiary/aromatic N) is 1. The Morgan fingerprint density at radius 2 is 1.85 bits per heavy atom. The third-order valence-corrected chi connectivity index (χ3v) is 3.06. The Morgan fingerprint density at radius 1 is 1.20 bits per heavy atom. The van der Waals surface area contributed by atoms with Gasteiger partial charge in [-0.15, -0.1) is 30.9 Å². The molecule has 1 nitrogen and oxygen atoms in total. The molecular weight excluding hydrogens is 319 g/mol. The van der Waals surface area contributed by atoms with E-state index >= 15 is 0 Å². The van der Waals surface area contributed by atoms with Gasteiger partial charge in [0.1, 0.15) is 0 Å². The molecule has 0 spiro atoms. The summed E-state index contributed by atoms with van der Waals surface area (Å²) >= 11 is 0. The summed E-state index contributed by atoms with van der Waals surface area (Å²) in [5.41, 5.74) is 4.48. The summed E-state index contributed by atoms with van der Waals surface area (Å²) in [4.78, 5) is 2.06. The largest absolute Gasteiger partial charge is 0.375 e. The first-order valence-corrected chi connectivity index (χ1v) is 6.05. The van der Waals surface area contributed by atoms with Crippen LogP contribution in [-0.2, 0) is 32.7 Å². The monoisotopic (exact) mass is 333 g/mol. The predicted molar refractivity (Wildman–Crippen MR) is 79.5 cm³/mol. The van der Waals surface area contributed by atoms with Crippen LogP contribution in [0.25, 0.3) is 5.70 Å². The van der Waals surface area contributed by atoms with Crippen LogP contribution < -0.4 is 0 Å². The van der Waals surface area contributed by atoms with Gasteiger partial charge < -0.3 is 4.90 Å². The number of hydrogen-bond acceptors (Lipinski definition) is 1. The van der Waals surface area contributed by atoms with Crippen LogP contribution in [0.15, 0.2) is 48.2 Å². The van der Waals surface area contributed by atoms with Crippen LogP contribution in [0, 0.1) is 30.8 Å². The van der Waals surface area contributed by atoms with Gasteiger partial charge in [-0.3, -0.25) is 0 Å². The van der Waals surface area contributed by atoms with Crippen LogP contribution in [0.4, 0.5) is 0 Å². The third-order valence-electron chi connectivity index (χ3n) is 3.06. The molecule has 1 radical (unpaired) electrons. The van der Waals surface area contributed by atoms with Gasteiger partial charge in [0.05, 0.1) is 0 Å². The van der Waals surface area contributed by atoms with Crippen molar-refractivity contribution in [2.45, 2.75) is 6.92 Å². The average Bonchev–Trinajstić information content (AvgIpc) is 2.47. The molecule has 2 rings (SSSR count). The number of rotatable bonds is 2. The normalized spacial score (nSPS) is 13.6. The zero-order valence-electron chi connectivity index (χ0n) is 11.5. The van der Waals surface area contributed by atoms with Gasteiger partial charge in [0.2, 0.25) is 0 Å². The Kier molecular flexibility index (Phi) is 6.03. The molecule has 0 aromatic heterocycles. The van der Waals surface area contributed by atoms with Crippen molar-refractivity contribution in [3.63, 3.8) is 0 Å². The molecule has 1 aliphatic rings. The maximum absolute atomic E-state index is 5.46. The molecule has 0 aliphatic carbocycles. The van der Waals surface area contributed by atoms with Crippen LogP contribution in [0.2, 0.25) is 0 Å². The minimum atomic E-state index is 0. The van der Waals surface area contributed by atoms with Crippen LogP contribution in [0.1, 0.15) is 18.1 Å². The number of likely N-dealkylation sites (N-methyl/N-ethyl adjacent to an activating group) is 1. The molecule has 0 unspecified atom stereocenters. The Bertz CT molecular complexity index is 648. The fourth-order valence-corrected chi connectivity index (χ4v) is 2.02. The summed E-state index contributed by atoms with van der Waals surface area (Å²) in [6.07, 6.45) is 15.9. The molecule has 0 N–H and O–H groups in total.